The van der Waals surface area contributed by atoms with E-state index in [0.29, 0.717) is 13.0 Å². The molecule has 2 rings (SSSR count). The summed E-state index contributed by atoms with van der Waals surface area (Å²) in [6, 6.07) is 16.1. The van der Waals surface area contributed by atoms with Gasteiger partial charge in [-0.1, -0.05) is 51.8 Å². The van der Waals surface area contributed by atoms with E-state index >= 15 is 0 Å². The van der Waals surface area contributed by atoms with Crippen molar-refractivity contribution in [2.24, 2.45) is 0 Å². The van der Waals surface area contributed by atoms with Crippen LogP contribution in [0.1, 0.15) is 30.4 Å². The smallest absolute Gasteiger partial charge is 0.122 e. The van der Waals surface area contributed by atoms with Gasteiger partial charge in [0, 0.05) is 28.4 Å². The Labute approximate surface area is 150 Å². The van der Waals surface area contributed by atoms with Crippen molar-refractivity contribution in [3.8, 4) is 0 Å². The van der Waals surface area contributed by atoms with E-state index in [2.05, 4.69) is 28.1 Å². The molecule has 2 aromatic carbocycles. The summed E-state index contributed by atoms with van der Waals surface area (Å²) in [5.41, 5.74) is 2.35. The standard InChI is InChI=1S/C19H20BrClO2/c1-2-23-19(11-12-22)18(15-5-7-16(20)8-6-15)13-14-3-9-17(21)10-4-14/h3-10,12,18-19H,2,11,13H2,1H3/t18-,19-/m1/s1. The molecule has 0 N–H and O–H groups in total. The molecule has 2 aromatic rings. The molecule has 0 spiro atoms. The molecule has 122 valence electrons. The molecule has 2 atom stereocenters. The van der Waals surface area contributed by atoms with Crippen molar-refractivity contribution in [3.63, 3.8) is 0 Å². The maximum atomic E-state index is 11.1. The van der Waals surface area contributed by atoms with E-state index in [1.807, 2.05) is 43.3 Å². The second kappa shape index (κ2) is 9.21. The first-order valence-electron chi connectivity index (χ1n) is 7.69. The number of halogens is 2. The third kappa shape index (κ3) is 5.45. The highest BCUT2D eigenvalue weighted by Crippen LogP contribution is 2.29. The summed E-state index contributed by atoms with van der Waals surface area (Å²) < 4.78 is 6.89. The Morgan fingerprint density at radius 1 is 1.13 bits per heavy atom. The molecule has 0 saturated heterocycles. The van der Waals surface area contributed by atoms with Crippen LogP contribution in [0.3, 0.4) is 0 Å². The van der Waals surface area contributed by atoms with Crippen molar-refractivity contribution in [2.45, 2.75) is 31.8 Å². The van der Waals surface area contributed by atoms with Crippen molar-refractivity contribution >= 4 is 33.8 Å². The van der Waals surface area contributed by atoms with Crippen molar-refractivity contribution in [2.75, 3.05) is 6.61 Å². The van der Waals surface area contributed by atoms with Crippen molar-refractivity contribution < 1.29 is 9.53 Å². The number of benzene rings is 2. The third-order valence-electron chi connectivity index (χ3n) is 3.83. The predicted octanol–water partition coefficient (Wildman–Crippen LogP) is 5.42. The van der Waals surface area contributed by atoms with Gasteiger partial charge in [-0.3, -0.25) is 0 Å². The number of ether oxygens (including phenoxy) is 1. The molecule has 0 heterocycles. The molecular weight excluding hydrogens is 376 g/mol. The van der Waals surface area contributed by atoms with E-state index in [4.69, 9.17) is 16.3 Å². The number of hydrogen-bond acceptors (Lipinski definition) is 2. The summed E-state index contributed by atoms with van der Waals surface area (Å²) in [7, 11) is 0. The maximum Gasteiger partial charge on any atom is 0.122 e. The highest BCUT2D eigenvalue weighted by Gasteiger charge is 2.24. The number of carbonyl (C=O) groups excluding carboxylic acids is 1. The first kappa shape index (κ1) is 18.2. The Morgan fingerprint density at radius 2 is 1.78 bits per heavy atom. The molecule has 0 saturated carbocycles. The van der Waals surface area contributed by atoms with E-state index in [0.717, 1.165) is 22.2 Å². The molecule has 2 nitrogen and oxygen atoms in total. The zero-order valence-electron chi connectivity index (χ0n) is 13.0. The SMILES string of the molecule is CCO[C@H](CC=O)[C@H](Cc1ccc(Cl)cc1)c1ccc(Br)cc1. The van der Waals surface area contributed by atoms with Crippen LogP contribution < -0.4 is 0 Å². The van der Waals surface area contributed by atoms with Crippen LogP contribution >= 0.6 is 27.5 Å². The van der Waals surface area contributed by atoms with Crippen LogP contribution in [-0.4, -0.2) is 19.0 Å². The summed E-state index contributed by atoms with van der Waals surface area (Å²) in [4.78, 5) is 11.1. The first-order valence-corrected chi connectivity index (χ1v) is 8.86. The van der Waals surface area contributed by atoms with Gasteiger partial charge in [0.25, 0.3) is 0 Å². The lowest BCUT2D eigenvalue weighted by Crippen LogP contribution is -2.25. The Balaban J connectivity index is 2.30. The number of carbonyl (C=O) groups is 1. The van der Waals surface area contributed by atoms with E-state index in [-0.39, 0.29) is 12.0 Å². The van der Waals surface area contributed by atoms with Crippen LogP contribution in [0.15, 0.2) is 53.0 Å². The zero-order valence-corrected chi connectivity index (χ0v) is 15.4. The van der Waals surface area contributed by atoms with Gasteiger partial charge >= 0.3 is 0 Å². The molecule has 4 heteroatoms. The molecule has 0 fully saturated rings. The van der Waals surface area contributed by atoms with E-state index in [9.17, 15) is 4.79 Å². The van der Waals surface area contributed by atoms with Crippen LogP contribution in [0.5, 0.6) is 0 Å². The van der Waals surface area contributed by atoms with Gasteiger partial charge in [0.15, 0.2) is 0 Å². The van der Waals surface area contributed by atoms with Crippen LogP contribution in [0, 0.1) is 0 Å². The van der Waals surface area contributed by atoms with Crippen molar-refractivity contribution in [3.05, 3.63) is 69.2 Å². The molecule has 0 amide bonds. The second-order valence-electron chi connectivity index (χ2n) is 5.38. The molecule has 23 heavy (non-hydrogen) atoms. The van der Waals surface area contributed by atoms with E-state index < -0.39 is 0 Å². The fraction of sp³-hybridized carbons (Fsp3) is 0.316. The molecule has 0 aliphatic carbocycles. The molecule has 0 bridgehead atoms. The van der Waals surface area contributed by atoms with Gasteiger partial charge in [0.05, 0.1) is 6.10 Å². The molecular formula is C19H20BrClO2. The van der Waals surface area contributed by atoms with Gasteiger partial charge < -0.3 is 9.53 Å². The quantitative estimate of drug-likeness (QED) is 0.558. The highest BCUT2D eigenvalue weighted by atomic mass is 79.9. The summed E-state index contributed by atoms with van der Waals surface area (Å²) in [6.45, 7) is 2.55. The van der Waals surface area contributed by atoms with E-state index in [1.54, 1.807) is 0 Å². The minimum Gasteiger partial charge on any atom is -0.377 e. The maximum absolute atomic E-state index is 11.1. The lowest BCUT2D eigenvalue weighted by Gasteiger charge is -2.26. The lowest BCUT2D eigenvalue weighted by atomic mass is 9.86. The molecule has 0 unspecified atom stereocenters. The molecule has 0 radical (unpaired) electrons. The molecule has 0 aliphatic heterocycles. The highest BCUT2D eigenvalue weighted by molar-refractivity contribution is 9.10. The zero-order chi connectivity index (χ0) is 16.7. The van der Waals surface area contributed by atoms with Gasteiger partial charge in [-0.15, -0.1) is 0 Å². The number of aldehydes is 1. The Hall–Kier alpha value is -1.16. The third-order valence-corrected chi connectivity index (χ3v) is 4.61. The van der Waals surface area contributed by atoms with Gasteiger partial charge in [-0.05, 0) is 48.7 Å². The Bertz CT molecular complexity index is 610. The number of hydrogen-bond donors (Lipinski definition) is 0. The van der Waals surface area contributed by atoms with Crippen molar-refractivity contribution in [1.82, 2.24) is 0 Å². The predicted molar refractivity (Wildman–Crippen MR) is 98.1 cm³/mol. The minimum absolute atomic E-state index is 0.120. The summed E-state index contributed by atoms with van der Waals surface area (Å²) in [5.74, 6) is 0.120. The van der Waals surface area contributed by atoms with Crippen LogP contribution in [-0.2, 0) is 16.0 Å². The summed E-state index contributed by atoms with van der Waals surface area (Å²) in [6.07, 6.45) is 2.00. The van der Waals surface area contributed by atoms with Gasteiger partial charge in [0.1, 0.15) is 6.29 Å². The minimum atomic E-state index is -0.130. The average Bonchev–Trinajstić information content (AvgIpc) is 2.55. The Kier molecular flexibility index (Phi) is 7.28. The van der Waals surface area contributed by atoms with E-state index in [1.165, 1.54) is 11.1 Å². The van der Waals surface area contributed by atoms with Gasteiger partial charge in [-0.2, -0.15) is 0 Å². The monoisotopic (exact) mass is 394 g/mol. The largest absolute Gasteiger partial charge is 0.377 e. The average molecular weight is 396 g/mol. The topological polar surface area (TPSA) is 26.3 Å². The number of rotatable bonds is 8. The summed E-state index contributed by atoms with van der Waals surface area (Å²) in [5, 5.41) is 0.725. The fourth-order valence-corrected chi connectivity index (χ4v) is 3.10. The fourth-order valence-electron chi connectivity index (χ4n) is 2.71. The second-order valence-corrected chi connectivity index (χ2v) is 6.74. The molecule has 0 aromatic heterocycles. The van der Waals surface area contributed by atoms with Crippen LogP contribution in [0.2, 0.25) is 5.02 Å². The summed E-state index contributed by atoms with van der Waals surface area (Å²) >= 11 is 9.43. The Morgan fingerprint density at radius 3 is 2.35 bits per heavy atom. The van der Waals surface area contributed by atoms with Gasteiger partial charge in [-0.25, -0.2) is 0 Å². The lowest BCUT2D eigenvalue weighted by molar-refractivity contribution is -0.110. The van der Waals surface area contributed by atoms with Gasteiger partial charge in [0.2, 0.25) is 0 Å². The van der Waals surface area contributed by atoms with Crippen LogP contribution in [0.4, 0.5) is 0 Å². The normalized spacial score (nSPS) is 13.5. The molecule has 0 aliphatic rings. The first-order chi connectivity index (χ1) is 11.1. The van der Waals surface area contributed by atoms with Crippen LogP contribution in [0.25, 0.3) is 0 Å². The van der Waals surface area contributed by atoms with Crippen molar-refractivity contribution in [1.29, 1.82) is 0 Å².